The first kappa shape index (κ1) is 20.6. The Hall–Kier alpha value is -4.33. The normalized spacial score (nSPS) is 12.8. The van der Waals surface area contributed by atoms with Crippen molar-refractivity contribution in [2.24, 2.45) is 0 Å². The van der Waals surface area contributed by atoms with Crippen LogP contribution in [0.5, 0.6) is 0 Å². The van der Waals surface area contributed by atoms with Crippen LogP contribution in [0, 0.1) is 0 Å². The van der Waals surface area contributed by atoms with Gasteiger partial charge < -0.3 is 10.6 Å². The van der Waals surface area contributed by atoms with Crippen LogP contribution in [-0.2, 0) is 6.54 Å². The highest BCUT2D eigenvalue weighted by Crippen LogP contribution is 2.39. The van der Waals surface area contributed by atoms with Crippen LogP contribution in [0.2, 0.25) is 0 Å². The highest BCUT2D eigenvalue weighted by molar-refractivity contribution is 6.04. The molecule has 2 heterocycles. The highest BCUT2D eigenvalue weighted by atomic mass is 16.2. The summed E-state index contributed by atoms with van der Waals surface area (Å²) in [5, 5.41) is 10.2. The molecule has 0 bridgehead atoms. The molecule has 2 aromatic carbocycles. The minimum Gasteiger partial charge on any atom is -0.345 e. The number of anilines is 1. The Labute approximate surface area is 190 Å². The molecule has 1 aliphatic carbocycles. The van der Waals surface area contributed by atoms with E-state index in [4.69, 9.17) is 0 Å². The van der Waals surface area contributed by atoms with Crippen LogP contribution in [0.15, 0.2) is 79.1 Å². The average molecular weight is 438 g/mol. The van der Waals surface area contributed by atoms with E-state index in [1.54, 1.807) is 41.3 Å². The number of carbonyl (C=O) groups excluding carboxylic acids is 2. The first-order chi connectivity index (χ1) is 16.2. The quantitative estimate of drug-likeness (QED) is 0.458. The maximum Gasteiger partial charge on any atom is 0.291 e. The topological polar surface area (TPSA) is 102 Å². The smallest absolute Gasteiger partial charge is 0.291 e. The Morgan fingerprint density at radius 2 is 1.64 bits per heavy atom. The maximum absolute atomic E-state index is 12.7. The fraction of sp³-hybridized carbons (Fsp3) is 0.160. The predicted octanol–water partition coefficient (Wildman–Crippen LogP) is 3.72. The maximum atomic E-state index is 12.7. The molecule has 164 valence electrons. The van der Waals surface area contributed by atoms with E-state index in [0.29, 0.717) is 23.7 Å². The van der Waals surface area contributed by atoms with Gasteiger partial charge in [-0.2, -0.15) is 0 Å². The van der Waals surface area contributed by atoms with Crippen LogP contribution in [0.25, 0.3) is 5.69 Å². The molecule has 1 aliphatic rings. The van der Waals surface area contributed by atoms with Crippen molar-refractivity contribution in [3.63, 3.8) is 0 Å². The number of nitrogens with zero attached hydrogens (tertiary/aromatic N) is 4. The van der Waals surface area contributed by atoms with Crippen LogP contribution in [0.1, 0.15) is 51.1 Å². The fourth-order valence-electron chi connectivity index (χ4n) is 3.46. The number of aromatic nitrogens is 4. The number of amides is 2. The Bertz CT molecular complexity index is 1270. The van der Waals surface area contributed by atoms with Crippen LogP contribution in [0.4, 0.5) is 5.69 Å². The molecular formula is C25H22N6O2. The van der Waals surface area contributed by atoms with Crippen LogP contribution in [0.3, 0.4) is 0 Å². The van der Waals surface area contributed by atoms with Gasteiger partial charge in [0.1, 0.15) is 5.82 Å². The molecule has 2 N–H and O–H groups in total. The first-order valence-electron chi connectivity index (χ1n) is 10.8. The zero-order valence-electron chi connectivity index (χ0n) is 17.8. The van der Waals surface area contributed by atoms with Crippen LogP contribution >= 0.6 is 0 Å². The zero-order valence-corrected chi connectivity index (χ0v) is 17.8. The molecule has 0 spiro atoms. The molecule has 33 heavy (non-hydrogen) atoms. The number of nitrogens with one attached hydrogen (secondary N) is 2. The van der Waals surface area contributed by atoms with E-state index in [9.17, 15) is 9.59 Å². The van der Waals surface area contributed by atoms with E-state index in [1.165, 1.54) is 0 Å². The minimum absolute atomic E-state index is 0.161. The van der Waals surface area contributed by atoms with Crippen LogP contribution < -0.4 is 10.6 Å². The second-order valence-corrected chi connectivity index (χ2v) is 7.88. The summed E-state index contributed by atoms with van der Waals surface area (Å²) in [5.41, 5.74) is 2.97. The van der Waals surface area contributed by atoms with Gasteiger partial charge in [-0.1, -0.05) is 30.3 Å². The Morgan fingerprint density at radius 1 is 0.909 bits per heavy atom. The zero-order chi connectivity index (χ0) is 22.6. The molecule has 0 aliphatic heterocycles. The van der Waals surface area contributed by atoms with Crippen molar-refractivity contribution in [3.8, 4) is 5.69 Å². The number of hydrogen-bond donors (Lipinski definition) is 2. The summed E-state index contributed by atoms with van der Waals surface area (Å²) in [5.74, 6) is 0.807. The molecule has 1 saturated carbocycles. The highest BCUT2D eigenvalue weighted by Gasteiger charge is 2.31. The van der Waals surface area contributed by atoms with Crippen molar-refractivity contribution in [2.75, 3.05) is 5.32 Å². The van der Waals surface area contributed by atoms with Crippen molar-refractivity contribution in [3.05, 3.63) is 102 Å². The molecule has 0 atom stereocenters. The number of rotatable bonds is 7. The van der Waals surface area contributed by atoms with E-state index in [-0.39, 0.29) is 17.6 Å². The third kappa shape index (κ3) is 4.79. The number of para-hydroxylation sites is 1. The molecule has 8 heteroatoms. The summed E-state index contributed by atoms with van der Waals surface area (Å²) in [4.78, 5) is 33.5. The molecule has 0 unspecified atom stereocenters. The minimum atomic E-state index is -0.328. The summed E-state index contributed by atoms with van der Waals surface area (Å²) in [7, 11) is 0. The molecule has 1 fully saturated rings. The average Bonchev–Trinajstić information content (AvgIpc) is 3.61. The lowest BCUT2D eigenvalue weighted by atomic mass is 10.1. The van der Waals surface area contributed by atoms with E-state index in [0.717, 1.165) is 29.9 Å². The SMILES string of the molecule is O=C(Nc1ccncc1)c1ccc(CNC(=O)c2nc(C3CC3)n(-c3ccccc3)n2)cc1. The summed E-state index contributed by atoms with van der Waals surface area (Å²) >= 11 is 0. The Balaban J connectivity index is 1.23. The predicted molar refractivity (Wildman–Crippen MR) is 123 cm³/mol. The lowest BCUT2D eigenvalue weighted by Crippen LogP contribution is -2.24. The van der Waals surface area contributed by atoms with Gasteiger partial charge in [0.05, 0.1) is 5.69 Å². The van der Waals surface area contributed by atoms with Crippen molar-refractivity contribution in [1.82, 2.24) is 25.1 Å². The van der Waals surface area contributed by atoms with E-state index >= 15 is 0 Å². The third-order valence-electron chi connectivity index (χ3n) is 5.39. The van der Waals surface area contributed by atoms with Gasteiger partial charge in [-0.25, -0.2) is 9.67 Å². The van der Waals surface area contributed by atoms with E-state index < -0.39 is 0 Å². The molecule has 0 saturated heterocycles. The first-order valence-corrected chi connectivity index (χ1v) is 10.8. The standard InChI is InChI=1S/C25H22N6O2/c32-24(28-20-12-14-26-15-13-20)19-8-6-17(7-9-19)16-27-25(33)22-29-23(18-10-11-18)31(30-22)21-4-2-1-3-5-21/h1-9,12-15,18H,10-11,16H2,(H,27,33)(H,26,28,32). The summed E-state index contributed by atoms with van der Waals surface area (Å²) < 4.78 is 1.77. The molecule has 2 amide bonds. The van der Waals surface area contributed by atoms with Gasteiger partial charge in [-0.05, 0) is 54.8 Å². The van der Waals surface area contributed by atoms with Gasteiger partial charge in [0.15, 0.2) is 0 Å². The van der Waals surface area contributed by atoms with Crippen LogP contribution in [-0.4, -0.2) is 31.6 Å². The van der Waals surface area contributed by atoms with Crippen molar-refractivity contribution in [1.29, 1.82) is 0 Å². The van der Waals surface area contributed by atoms with Gasteiger partial charge in [0.25, 0.3) is 11.8 Å². The fourth-order valence-corrected chi connectivity index (χ4v) is 3.46. The van der Waals surface area contributed by atoms with Gasteiger partial charge >= 0.3 is 0 Å². The van der Waals surface area contributed by atoms with E-state index in [1.807, 2.05) is 42.5 Å². The Kier molecular flexibility index (Phi) is 5.63. The van der Waals surface area contributed by atoms with Gasteiger partial charge in [0.2, 0.25) is 5.82 Å². The summed E-state index contributed by atoms with van der Waals surface area (Å²) in [6.45, 7) is 0.309. The lowest BCUT2D eigenvalue weighted by Gasteiger charge is -2.07. The van der Waals surface area contributed by atoms with E-state index in [2.05, 4.69) is 25.7 Å². The second kappa shape index (κ2) is 9.04. The number of hydrogen-bond acceptors (Lipinski definition) is 5. The van der Waals surface area contributed by atoms with Crippen molar-refractivity contribution >= 4 is 17.5 Å². The van der Waals surface area contributed by atoms with Gasteiger partial charge in [-0.15, -0.1) is 5.10 Å². The van der Waals surface area contributed by atoms with Crippen molar-refractivity contribution in [2.45, 2.75) is 25.3 Å². The molecular weight excluding hydrogens is 416 g/mol. The third-order valence-corrected chi connectivity index (χ3v) is 5.39. The molecule has 4 aromatic rings. The summed E-state index contributed by atoms with van der Waals surface area (Å²) in [6.07, 6.45) is 5.36. The van der Waals surface area contributed by atoms with Gasteiger partial charge in [-0.3, -0.25) is 14.6 Å². The largest absolute Gasteiger partial charge is 0.345 e. The molecule has 0 radical (unpaired) electrons. The second-order valence-electron chi connectivity index (χ2n) is 7.88. The summed E-state index contributed by atoms with van der Waals surface area (Å²) in [6, 6.07) is 20.3. The number of pyridine rings is 1. The van der Waals surface area contributed by atoms with Crippen molar-refractivity contribution < 1.29 is 9.59 Å². The van der Waals surface area contributed by atoms with Gasteiger partial charge in [0, 0.05) is 36.1 Å². The molecule has 2 aromatic heterocycles. The molecule has 8 nitrogen and oxygen atoms in total. The number of carbonyl (C=O) groups is 2. The lowest BCUT2D eigenvalue weighted by molar-refractivity contribution is 0.0939. The Morgan fingerprint density at radius 3 is 2.33 bits per heavy atom. The number of benzene rings is 2. The monoisotopic (exact) mass is 438 g/mol. The molecule has 5 rings (SSSR count).